The molecule has 2 fully saturated rings. The molecule has 1 aliphatic carbocycles. The minimum Gasteiger partial charge on any atom is -0.314 e. The molecule has 0 amide bonds. The van der Waals surface area contributed by atoms with Crippen LogP contribution in [0.5, 0.6) is 0 Å². The van der Waals surface area contributed by atoms with Crippen LogP contribution >= 0.6 is 0 Å². The van der Waals surface area contributed by atoms with E-state index < -0.39 is 0 Å². The fourth-order valence-electron chi connectivity index (χ4n) is 2.57. The first-order valence-electron chi connectivity index (χ1n) is 6.73. The molecule has 0 bridgehead atoms. The van der Waals surface area contributed by atoms with Crippen molar-refractivity contribution in [2.75, 3.05) is 26.2 Å². The predicted molar refractivity (Wildman–Crippen MR) is 65.0 cm³/mol. The Hall–Kier alpha value is -0.0800. The van der Waals surface area contributed by atoms with E-state index in [1.807, 2.05) is 0 Å². The number of likely N-dealkylation sites (tertiary alicyclic amines) is 1. The zero-order valence-electron chi connectivity index (χ0n) is 10.3. The zero-order valence-corrected chi connectivity index (χ0v) is 10.3. The summed E-state index contributed by atoms with van der Waals surface area (Å²) in [5, 5.41) is 3.63. The summed E-state index contributed by atoms with van der Waals surface area (Å²) in [4.78, 5) is 2.66. The summed E-state index contributed by atoms with van der Waals surface area (Å²) >= 11 is 0. The first kappa shape index (κ1) is 11.4. The summed E-state index contributed by atoms with van der Waals surface area (Å²) in [5.41, 5.74) is 0. The Balaban J connectivity index is 1.58. The Labute approximate surface area is 94.4 Å². The third-order valence-corrected chi connectivity index (χ3v) is 3.85. The van der Waals surface area contributed by atoms with Crippen LogP contribution in [-0.4, -0.2) is 37.1 Å². The Kier molecular flexibility index (Phi) is 4.04. The van der Waals surface area contributed by atoms with E-state index in [0.29, 0.717) is 0 Å². The van der Waals surface area contributed by atoms with Crippen LogP contribution < -0.4 is 5.32 Å². The topological polar surface area (TPSA) is 15.3 Å². The molecule has 15 heavy (non-hydrogen) atoms. The van der Waals surface area contributed by atoms with E-state index in [4.69, 9.17) is 0 Å². The van der Waals surface area contributed by atoms with E-state index in [1.54, 1.807) is 0 Å². The molecule has 2 atom stereocenters. The summed E-state index contributed by atoms with van der Waals surface area (Å²) in [5.74, 6) is 1.80. The molecule has 0 aromatic carbocycles. The van der Waals surface area contributed by atoms with Gasteiger partial charge < -0.3 is 10.2 Å². The average Bonchev–Trinajstić information content (AvgIpc) is 2.96. The van der Waals surface area contributed by atoms with Gasteiger partial charge in [0.05, 0.1) is 0 Å². The SMILES string of the molecule is CCC1CCN(CC(C)CNC2CC2)C1. The maximum atomic E-state index is 3.63. The van der Waals surface area contributed by atoms with Crippen molar-refractivity contribution in [3.05, 3.63) is 0 Å². The highest BCUT2D eigenvalue weighted by atomic mass is 15.1. The molecule has 1 saturated carbocycles. The standard InChI is InChI=1S/C13H26N2/c1-3-12-6-7-15(10-12)9-11(2)8-14-13-4-5-13/h11-14H,3-10H2,1-2H3. The maximum absolute atomic E-state index is 3.63. The van der Waals surface area contributed by atoms with Gasteiger partial charge in [-0.3, -0.25) is 0 Å². The first-order chi connectivity index (χ1) is 7.28. The molecule has 2 heteroatoms. The lowest BCUT2D eigenvalue weighted by molar-refractivity contribution is 0.272. The summed E-state index contributed by atoms with van der Waals surface area (Å²) in [6, 6.07) is 0.870. The number of hydrogen-bond donors (Lipinski definition) is 1. The fraction of sp³-hybridized carbons (Fsp3) is 1.00. The van der Waals surface area contributed by atoms with Crippen LogP contribution in [0.25, 0.3) is 0 Å². The molecule has 88 valence electrons. The largest absolute Gasteiger partial charge is 0.314 e. The molecule has 0 aromatic rings. The Bertz CT molecular complexity index is 189. The lowest BCUT2D eigenvalue weighted by Crippen LogP contribution is -2.32. The lowest BCUT2D eigenvalue weighted by atomic mass is 10.1. The van der Waals surface area contributed by atoms with Gasteiger partial charge in [0.15, 0.2) is 0 Å². The van der Waals surface area contributed by atoms with Crippen LogP contribution in [0.1, 0.15) is 39.5 Å². The number of rotatable bonds is 6. The van der Waals surface area contributed by atoms with Crippen LogP contribution in [0.4, 0.5) is 0 Å². The number of hydrogen-bond acceptors (Lipinski definition) is 2. The molecule has 1 saturated heterocycles. The Morgan fingerprint density at radius 1 is 1.33 bits per heavy atom. The maximum Gasteiger partial charge on any atom is 0.00683 e. The van der Waals surface area contributed by atoms with Gasteiger partial charge in [0.1, 0.15) is 0 Å². The van der Waals surface area contributed by atoms with Gasteiger partial charge >= 0.3 is 0 Å². The van der Waals surface area contributed by atoms with Crippen molar-refractivity contribution in [1.82, 2.24) is 10.2 Å². The highest BCUT2D eigenvalue weighted by molar-refractivity contribution is 4.82. The highest BCUT2D eigenvalue weighted by Crippen LogP contribution is 2.21. The quantitative estimate of drug-likeness (QED) is 0.722. The molecule has 2 aliphatic rings. The molecular weight excluding hydrogens is 184 g/mol. The second-order valence-electron chi connectivity index (χ2n) is 5.61. The van der Waals surface area contributed by atoms with Gasteiger partial charge in [-0.2, -0.15) is 0 Å². The van der Waals surface area contributed by atoms with Crippen molar-refractivity contribution in [1.29, 1.82) is 0 Å². The molecule has 1 N–H and O–H groups in total. The van der Waals surface area contributed by atoms with Crippen molar-refractivity contribution >= 4 is 0 Å². The van der Waals surface area contributed by atoms with Gasteiger partial charge in [-0.25, -0.2) is 0 Å². The van der Waals surface area contributed by atoms with Gasteiger partial charge in [0, 0.05) is 19.1 Å². The number of nitrogens with zero attached hydrogens (tertiary/aromatic N) is 1. The molecule has 0 aromatic heterocycles. The first-order valence-corrected chi connectivity index (χ1v) is 6.73. The summed E-state index contributed by atoms with van der Waals surface area (Å²) < 4.78 is 0. The minimum absolute atomic E-state index is 0.821. The van der Waals surface area contributed by atoms with Gasteiger partial charge in [0.25, 0.3) is 0 Å². The van der Waals surface area contributed by atoms with Crippen molar-refractivity contribution in [3.8, 4) is 0 Å². The van der Waals surface area contributed by atoms with Crippen molar-refractivity contribution in [2.24, 2.45) is 11.8 Å². The predicted octanol–water partition coefficient (Wildman–Crippen LogP) is 2.11. The average molecular weight is 210 g/mol. The summed E-state index contributed by atoms with van der Waals surface area (Å²) in [6.07, 6.45) is 5.62. The van der Waals surface area contributed by atoms with E-state index in [0.717, 1.165) is 17.9 Å². The van der Waals surface area contributed by atoms with E-state index in [2.05, 4.69) is 24.1 Å². The van der Waals surface area contributed by atoms with Gasteiger partial charge in [-0.1, -0.05) is 20.3 Å². The Morgan fingerprint density at radius 2 is 2.13 bits per heavy atom. The van der Waals surface area contributed by atoms with E-state index in [-0.39, 0.29) is 0 Å². The number of nitrogens with one attached hydrogen (secondary N) is 1. The van der Waals surface area contributed by atoms with E-state index in [9.17, 15) is 0 Å². The van der Waals surface area contributed by atoms with E-state index >= 15 is 0 Å². The smallest absolute Gasteiger partial charge is 0.00683 e. The van der Waals surface area contributed by atoms with Gasteiger partial charge in [0.2, 0.25) is 0 Å². The highest BCUT2D eigenvalue weighted by Gasteiger charge is 2.24. The van der Waals surface area contributed by atoms with Crippen LogP contribution in [0.2, 0.25) is 0 Å². The monoisotopic (exact) mass is 210 g/mol. The van der Waals surface area contributed by atoms with Crippen LogP contribution in [0.3, 0.4) is 0 Å². The van der Waals surface area contributed by atoms with Crippen molar-refractivity contribution in [2.45, 2.75) is 45.6 Å². The zero-order chi connectivity index (χ0) is 10.7. The van der Waals surface area contributed by atoms with Gasteiger partial charge in [-0.05, 0) is 44.2 Å². The Morgan fingerprint density at radius 3 is 2.73 bits per heavy atom. The second-order valence-corrected chi connectivity index (χ2v) is 5.61. The minimum atomic E-state index is 0.821. The molecule has 2 nitrogen and oxygen atoms in total. The normalized spacial score (nSPS) is 29.6. The third-order valence-electron chi connectivity index (χ3n) is 3.85. The molecular formula is C13H26N2. The van der Waals surface area contributed by atoms with Crippen LogP contribution in [0, 0.1) is 11.8 Å². The third kappa shape index (κ3) is 3.76. The van der Waals surface area contributed by atoms with Crippen molar-refractivity contribution < 1.29 is 0 Å². The molecule has 1 aliphatic heterocycles. The summed E-state index contributed by atoms with van der Waals surface area (Å²) in [6.45, 7) is 9.92. The molecule has 0 radical (unpaired) electrons. The molecule has 0 spiro atoms. The van der Waals surface area contributed by atoms with Crippen LogP contribution in [0.15, 0.2) is 0 Å². The van der Waals surface area contributed by atoms with Gasteiger partial charge in [-0.15, -0.1) is 0 Å². The van der Waals surface area contributed by atoms with Crippen LogP contribution in [-0.2, 0) is 0 Å². The second kappa shape index (κ2) is 5.31. The lowest BCUT2D eigenvalue weighted by Gasteiger charge is -2.21. The molecule has 2 rings (SSSR count). The van der Waals surface area contributed by atoms with Crippen molar-refractivity contribution in [3.63, 3.8) is 0 Å². The fourth-order valence-corrected chi connectivity index (χ4v) is 2.57. The summed E-state index contributed by atoms with van der Waals surface area (Å²) in [7, 11) is 0. The van der Waals surface area contributed by atoms with E-state index in [1.165, 1.54) is 51.9 Å². The molecule has 1 heterocycles. The molecule has 2 unspecified atom stereocenters.